The van der Waals surface area contributed by atoms with Gasteiger partial charge in [0.2, 0.25) is 5.91 Å². The third kappa shape index (κ3) is 4.07. The molecule has 170 valence electrons. The van der Waals surface area contributed by atoms with E-state index in [-0.39, 0.29) is 17.7 Å². The van der Waals surface area contributed by atoms with Gasteiger partial charge in [0, 0.05) is 36.3 Å². The number of imidazole rings is 1. The van der Waals surface area contributed by atoms with Crippen molar-refractivity contribution >= 4 is 34.0 Å². The van der Waals surface area contributed by atoms with E-state index in [1.54, 1.807) is 0 Å². The quantitative estimate of drug-likeness (QED) is 0.413. The summed E-state index contributed by atoms with van der Waals surface area (Å²) in [7, 11) is 0. The largest absolute Gasteiger partial charge is 0.334 e. The number of nitrogens with zero attached hydrogens (tertiary/aromatic N) is 2. The Morgan fingerprint density at radius 1 is 0.912 bits per heavy atom. The molecule has 1 saturated carbocycles. The lowest BCUT2D eigenvalue weighted by Crippen LogP contribution is -2.19. The first kappa shape index (κ1) is 20.7. The van der Waals surface area contributed by atoms with E-state index in [1.807, 2.05) is 60.7 Å². The molecule has 0 saturated heterocycles. The predicted octanol–water partition coefficient (Wildman–Crippen LogP) is 5.64. The van der Waals surface area contributed by atoms with Crippen LogP contribution in [0.15, 0.2) is 66.9 Å². The maximum absolute atomic E-state index is 13.4. The number of amides is 2. The summed E-state index contributed by atoms with van der Waals surface area (Å²) in [4.78, 5) is 30.7. The Morgan fingerprint density at radius 3 is 2.53 bits per heavy atom. The molecular weight excluding hydrogens is 424 g/mol. The number of benzene rings is 3. The summed E-state index contributed by atoms with van der Waals surface area (Å²) in [5, 5.41) is 7.95. The van der Waals surface area contributed by atoms with Crippen LogP contribution in [0.25, 0.3) is 22.0 Å². The van der Waals surface area contributed by atoms with Crippen LogP contribution in [0.2, 0.25) is 0 Å². The van der Waals surface area contributed by atoms with E-state index in [1.165, 1.54) is 12.8 Å². The molecule has 1 aromatic heterocycles. The number of carbonyl (C=O) groups is 2. The Labute approximate surface area is 198 Å². The molecule has 2 heterocycles. The molecule has 0 bridgehead atoms. The van der Waals surface area contributed by atoms with Gasteiger partial charge in [-0.05, 0) is 60.7 Å². The van der Waals surface area contributed by atoms with Crippen LogP contribution in [0, 0.1) is 5.92 Å². The van der Waals surface area contributed by atoms with E-state index >= 15 is 0 Å². The zero-order chi connectivity index (χ0) is 23.1. The van der Waals surface area contributed by atoms with Crippen LogP contribution in [0.3, 0.4) is 0 Å². The number of hydrogen-bond acceptors (Lipinski definition) is 3. The summed E-state index contributed by atoms with van der Waals surface area (Å²) in [6.45, 7) is 1.01. The third-order valence-corrected chi connectivity index (χ3v) is 6.66. The number of fused-ring (bicyclic) bond motifs is 2. The highest BCUT2D eigenvalue weighted by atomic mass is 16.2. The fraction of sp³-hybridized carbons (Fsp3) is 0.250. The van der Waals surface area contributed by atoms with Crippen molar-refractivity contribution in [3.63, 3.8) is 0 Å². The first-order chi connectivity index (χ1) is 16.6. The fourth-order valence-corrected chi connectivity index (χ4v) is 4.62. The molecule has 6 rings (SSSR count). The molecular formula is C28H26N4O2. The van der Waals surface area contributed by atoms with Crippen LogP contribution in [-0.4, -0.2) is 21.4 Å². The predicted molar refractivity (Wildman–Crippen MR) is 134 cm³/mol. The van der Waals surface area contributed by atoms with E-state index in [0.29, 0.717) is 16.9 Å². The smallest absolute Gasteiger partial charge is 0.257 e. The van der Waals surface area contributed by atoms with Gasteiger partial charge in [-0.2, -0.15) is 0 Å². The standard InChI is InChI=1S/C28H26N4O2/c33-27(18-11-12-18)31-24-16-20-7-2-1-6-19(20)15-23(24)28(34)29-22-9-5-8-21(14-22)25-17-32-13-4-3-10-26(32)30-25/h1-2,5-9,14-18H,3-4,10-13H2,(H,29,34)(H,31,33). The van der Waals surface area contributed by atoms with Crippen molar-refractivity contribution < 1.29 is 9.59 Å². The minimum absolute atomic E-state index is 0.0184. The van der Waals surface area contributed by atoms with Gasteiger partial charge in [-0.3, -0.25) is 9.59 Å². The van der Waals surface area contributed by atoms with Gasteiger partial charge >= 0.3 is 0 Å². The van der Waals surface area contributed by atoms with Gasteiger partial charge in [0.05, 0.1) is 16.9 Å². The first-order valence-corrected chi connectivity index (χ1v) is 12.0. The van der Waals surface area contributed by atoms with E-state index < -0.39 is 0 Å². The number of carbonyl (C=O) groups excluding carboxylic acids is 2. The Kier molecular flexibility index (Phi) is 5.13. The van der Waals surface area contributed by atoms with E-state index in [0.717, 1.165) is 53.7 Å². The maximum atomic E-state index is 13.4. The molecule has 4 aromatic rings. The minimum Gasteiger partial charge on any atom is -0.334 e. The summed E-state index contributed by atoms with van der Waals surface area (Å²) in [6.07, 6.45) is 7.29. The molecule has 2 amide bonds. The summed E-state index contributed by atoms with van der Waals surface area (Å²) >= 11 is 0. The maximum Gasteiger partial charge on any atom is 0.257 e. The summed E-state index contributed by atoms with van der Waals surface area (Å²) < 4.78 is 2.23. The van der Waals surface area contributed by atoms with Gasteiger partial charge in [-0.1, -0.05) is 36.4 Å². The topological polar surface area (TPSA) is 76.0 Å². The van der Waals surface area contributed by atoms with Crippen LogP contribution in [0.1, 0.15) is 41.9 Å². The molecule has 2 aliphatic rings. The van der Waals surface area contributed by atoms with Crippen LogP contribution >= 0.6 is 0 Å². The van der Waals surface area contributed by atoms with Gasteiger partial charge in [-0.15, -0.1) is 0 Å². The molecule has 2 N–H and O–H groups in total. The van der Waals surface area contributed by atoms with E-state index in [9.17, 15) is 9.59 Å². The highest BCUT2D eigenvalue weighted by molar-refractivity contribution is 6.13. The SMILES string of the molecule is O=C(Nc1cccc(-c2cn3c(n2)CCCC3)c1)c1cc2ccccc2cc1NC(=O)C1CC1. The fourth-order valence-electron chi connectivity index (χ4n) is 4.62. The second-order valence-corrected chi connectivity index (χ2v) is 9.24. The van der Waals surface area contributed by atoms with Crippen molar-refractivity contribution in [2.75, 3.05) is 10.6 Å². The molecule has 0 unspecified atom stereocenters. The molecule has 0 radical (unpaired) electrons. The summed E-state index contributed by atoms with van der Waals surface area (Å²) in [5.74, 6) is 0.913. The number of anilines is 2. The zero-order valence-electron chi connectivity index (χ0n) is 18.9. The zero-order valence-corrected chi connectivity index (χ0v) is 18.9. The normalized spacial score (nSPS) is 15.1. The van der Waals surface area contributed by atoms with Crippen molar-refractivity contribution in [1.82, 2.24) is 9.55 Å². The molecule has 1 fully saturated rings. The van der Waals surface area contributed by atoms with Crippen molar-refractivity contribution in [2.45, 2.75) is 38.6 Å². The van der Waals surface area contributed by atoms with Crippen molar-refractivity contribution in [3.05, 3.63) is 78.2 Å². The Morgan fingerprint density at radius 2 is 1.74 bits per heavy atom. The molecule has 0 spiro atoms. The Hall–Kier alpha value is -3.93. The van der Waals surface area contributed by atoms with Crippen LogP contribution < -0.4 is 10.6 Å². The van der Waals surface area contributed by atoms with Crippen molar-refractivity contribution in [1.29, 1.82) is 0 Å². The van der Waals surface area contributed by atoms with Crippen LogP contribution in [-0.2, 0) is 17.8 Å². The lowest BCUT2D eigenvalue weighted by atomic mass is 10.0. The van der Waals surface area contributed by atoms with Gasteiger partial charge in [-0.25, -0.2) is 4.98 Å². The average Bonchev–Trinajstić information content (AvgIpc) is 3.62. The first-order valence-electron chi connectivity index (χ1n) is 12.0. The Balaban J connectivity index is 1.30. The molecule has 6 heteroatoms. The van der Waals surface area contributed by atoms with Gasteiger partial charge < -0.3 is 15.2 Å². The molecule has 0 atom stereocenters. The van der Waals surface area contributed by atoms with Crippen molar-refractivity contribution in [2.24, 2.45) is 5.92 Å². The second kappa shape index (κ2) is 8.45. The second-order valence-electron chi connectivity index (χ2n) is 9.24. The number of rotatable bonds is 5. The van der Waals surface area contributed by atoms with E-state index in [4.69, 9.17) is 4.98 Å². The lowest BCUT2D eigenvalue weighted by Gasteiger charge is -2.14. The number of aryl methyl sites for hydroxylation is 2. The van der Waals surface area contributed by atoms with E-state index in [2.05, 4.69) is 21.4 Å². The van der Waals surface area contributed by atoms with Gasteiger partial charge in [0.1, 0.15) is 5.82 Å². The highest BCUT2D eigenvalue weighted by Crippen LogP contribution is 2.32. The highest BCUT2D eigenvalue weighted by Gasteiger charge is 2.30. The monoisotopic (exact) mass is 450 g/mol. The summed E-state index contributed by atoms with van der Waals surface area (Å²) in [5.41, 5.74) is 3.60. The molecule has 34 heavy (non-hydrogen) atoms. The summed E-state index contributed by atoms with van der Waals surface area (Å²) in [6, 6.07) is 19.4. The molecule has 1 aliphatic heterocycles. The van der Waals surface area contributed by atoms with Crippen molar-refractivity contribution in [3.8, 4) is 11.3 Å². The number of hydrogen-bond donors (Lipinski definition) is 2. The molecule has 6 nitrogen and oxygen atoms in total. The molecule has 3 aromatic carbocycles. The molecule has 1 aliphatic carbocycles. The third-order valence-electron chi connectivity index (χ3n) is 6.66. The Bertz CT molecular complexity index is 1390. The van der Waals surface area contributed by atoms with Crippen LogP contribution in [0.5, 0.6) is 0 Å². The minimum atomic E-state index is -0.252. The van der Waals surface area contributed by atoms with Gasteiger partial charge in [0.15, 0.2) is 0 Å². The van der Waals surface area contributed by atoms with Crippen LogP contribution in [0.4, 0.5) is 11.4 Å². The van der Waals surface area contributed by atoms with Gasteiger partial charge in [0.25, 0.3) is 5.91 Å². The number of nitrogens with one attached hydrogen (secondary N) is 2. The average molecular weight is 451 g/mol. The lowest BCUT2D eigenvalue weighted by molar-refractivity contribution is -0.117. The number of aromatic nitrogens is 2.